The molecule has 0 spiro atoms. The first-order valence-electron chi connectivity index (χ1n) is 6.50. The van der Waals surface area contributed by atoms with Crippen LogP contribution in [0.3, 0.4) is 0 Å². The lowest BCUT2D eigenvalue weighted by atomic mass is 10.2. The molecule has 0 unspecified atom stereocenters. The molecule has 1 aromatic carbocycles. The molecule has 0 bridgehead atoms. The lowest BCUT2D eigenvalue weighted by molar-refractivity contribution is -0.119. The number of nitrogens with zero attached hydrogens (tertiary/aromatic N) is 2. The Labute approximate surface area is 120 Å². The third-order valence-electron chi connectivity index (χ3n) is 2.53. The molecule has 0 fully saturated rings. The average Bonchev–Trinajstić information content (AvgIpc) is 2.45. The van der Waals surface area contributed by atoms with Crippen molar-refractivity contribution in [1.82, 2.24) is 15.5 Å². The number of nitrogens with one attached hydrogen (secondary N) is 2. The predicted molar refractivity (Wildman–Crippen MR) is 82.5 cm³/mol. The van der Waals surface area contributed by atoms with Gasteiger partial charge in [0.25, 0.3) is 0 Å². The van der Waals surface area contributed by atoms with Gasteiger partial charge in [-0.15, -0.1) is 6.58 Å². The van der Waals surface area contributed by atoms with Gasteiger partial charge < -0.3 is 15.5 Å². The summed E-state index contributed by atoms with van der Waals surface area (Å²) >= 11 is 0. The minimum atomic E-state index is -0.0841. The van der Waals surface area contributed by atoms with Gasteiger partial charge in [0.2, 0.25) is 5.91 Å². The highest BCUT2D eigenvalue weighted by Crippen LogP contribution is 2.00. The fraction of sp³-hybridized carbons (Fsp3) is 0.333. The fourth-order valence-corrected chi connectivity index (χ4v) is 1.51. The second-order valence-corrected chi connectivity index (χ2v) is 4.47. The molecule has 0 radical (unpaired) electrons. The summed E-state index contributed by atoms with van der Waals surface area (Å²) in [5.41, 5.74) is 1.13. The Morgan fingerprint density at radius 3 is 2.60 bits per heavy atom. The van der Waals surface area contributed by atoms with Crippen molar-refractivity contribution >= 4 is 11.9 Å². The first-order chi connectivity index (χ1) is 9.63. The summed E-state index contributed by atoms with van der Waals surface area (Å²) in [5.74, 6) is 0.599. The number of rotatable bonds is 6. The van der Waals surface area contributed by atoms with Crippen LogP contribution in [0.2, 0.25) is 0 Å². The van der Waals surface area contributed by atoms with Gasteiger partial charge in [-0.3, -0.25) is 4.79 Å². The molecule has 0 aliphatic carbocycles. The van der Waals surface area contributed by atoms with Crippen LogP contribution in [0.1, 0.15) is 5.56 Å². The lowest BCUT2D eigenvalue weighted by Crippen LogP contribution is -2.42. The van der Waals surface area contributed by atoms with Crippen LogP contribution in [-0.2, 0) is 11.3 Å². The molecular weight excluding hydrogens is 252 g/mol. The van der Waals surface area contributed by atoms with Gasteiger partial charge in [-0.2, -0.15) is 0 Å². The van der Waals surface area contributed by atoms with Crippen molar-refractivity contribution in [1.29, 1.82) is 0 Å². The van der Waals surface area contributed by atoms with E-state index in [1.807, 2.05) is 49.3 Å². The highest BCUT2D eigenvalue weighted by atomic mass is 16.1. The van der Waals surface area contributed by atoms with Gasteiger partial charge in [0.05, 0.1) is 13.1 Å². The van der Waals surface area contributed by atoms with Gasteiger partial charge in [-0.05, 0) is 5.56 Å². The zero-order chi connectivity index (χ0) is 14.8. The maximum atomic E-state index is 11.5. The van der Waals surface area contributed by atoms with Gasteiger partial charge in [-0.1, -0.05) is 36.4 Å². The summed E-state index contributed by atoms with van der Waals surface area (Å²) in [4.78, 5) is 17.8. The third-order valence-corrected chi connectivity index (χ3v) is 2.53. The summed E-state index contributed by atoms with van der Waals surface area (Å²) in [6.45, 7) is 4.80. The Morgan fingerprint density at radius 1 is 1.30 bits per heavy atom. The number of hydrogen-bond donors (Lipinski definition) is 2. The van der Waals surface area contributed by atoms with Crippen molar-refractivity contribution in [2.75, 3.05) is 27.2 Å². The normalized spacial score (nSPS) is 10.8. The van der Waals surface area contributed by atoms with Crippen molar-refractivity contribution in [3.8, 4) is 0 Å². The largest absolute Gasteiger partial charge is 0.351 e. The van der Waals surface area contributed by atoms with E-state index in [0.717, 1.165) is 5.56 Å². The third kappa shape index (κ3) is 6.04. The number of carbonyl (C=O) groups is 1. The highest BCUT2D eigenvalue weighted by molar-refractivity contribution is 5.86. The maximum absolute atomic E-state index is 11.5. The molecule has 0 aliphatic rings. The van der Waals surface area contributed by atoms with Gasteiger partial charge in [0.15, 0.2) is 5.96 Å². The number of benzene rings is 1. The Morgan fingerprint density at radius 2 is 2.00 bits per heavy atom. The summed E-state index contributed by atoms with van der Waals surface area (Å²) in [6, 6.07) is 9.98. The van der Waals surface area contributed by atoms with Crippen molar-refractivity contribution in [2.24, 2.45) is 4.99 Å². The van der Waals surface area contributed by atoms with Gasteiger partial charge in [0.1, 0.15) is 0 Å². The Kier molecular flexibility index (Phi) is 6.89. The van der Waals surface area contributed by atoms with Crippen molar-refractivity contribution in [2.45, 2.75) is 6.54 Å². The molecule has 0 atom stereocenters. The zero-order valence-corrected chi connectivity index (χ0v) is 12.1. The first-order valence-corrected chi connectivity index (χ1v) is 6.50. The average molecular weight is 274 g/mol. The van der Waals surface area contributed by atoms with Crippen LogP contribution < -0.4 is 10.6 Å². The molecule has 5 heteroatoms. The molecule has 0 saturated heterocycles. The van der Waals surface area contributed by atoms with E-state index in [9.17, 15) is 4.79 Å². The summed E-state index contributed by atoms with van der Waals surface area (Å²) in [6.07, 6.45) is 1.65. The van der Waals surface area contributed by atoms with Crippen LogP contribution in [-0.4, -0.2) is 44.0 Å². The molecule has 0 heterocycles. The smallest absolute Gasteiger partial charge is 0.239 e. The van der Waals surface area contributed by atoms with E-state index in [0.29, 0.717) is 19.0 Å². The summed E-state index contributed by atoms with van der Waals surface area (Å²) in [7, 11) is 3.77. The molecule has 20 heavy (non-hydrogen) atoms. The van der Waals surface area contributed by atoms with Gasteiger partial charge in [-0.25, -0.2) is 4.99 Å². The predicted octanol–water partition coefficient (Wildman–Crippen LogP) is 0.996. The van der Waals surface area contributed by atoms with E-state index in [1.54, 1.807) is 6.08 Å². The molecular formula is C15H22N4O. The monoisotopic (exact) mass is 274 g/mol. The van der Waals surface area contributed by atoms with E-state index < -0.39 is 0 Å². The minimum absolute atomic E-state index is 0.0841. The first kappa shape index (κ1) is 15.8. The van der Waals surface area contributed by atoms with Crippen LogP contribution in [0, 0.1) is 0 Å². The zero-order valence-electron chi connectivity index (χ0n) is 12.1. The minimum Gasteiger partial charge on any atom is -0.351 e. The fourth-order valence-electron chi connectivity index (χ4n) is 1.51. The van der Waals surface area contributed by atoms with E-state index in [4.69, 9.17) is 0 Å². The molecule has 5 nitrogen and oxygen atoms in total. The number of amides is 1. The van der Waals surface area contributed by atoms with Crippen LogP contribution >= 0.6 is 0 Å². The van der Waals surface area contributed by atoms with Crippen molar-refractivity contribution in [3.63, 3.8) is 0 Å². The van der Waals surface area contributed by atoms with Crippen LogP contribution in [0.15, 0.2) is 48.0 Å². The topological polar surface area (TPSA) is 56.7 Å². The molecule has 1 aromatic rings. The molecule has 0 aliphatic heterocycles. The van der Waals surface area contributed by atoms with E-state index in [1.165, 1.54) is 0 Å². The van der Waals surface area contributed by atoms with E-state index in [-0.39, 0.29) is 12.5 Å². The number of carbonyl (C=O) groups excluding carboxylic acids is 1. The SMILES string of the molecule is C=CCNC(=O)CNC(=NCc1ccccc1)N(C)C. The summed E-state index contributed by atoms with van der Waals surface area (Å²) in [5, 5.41) is 5.74. The Bertz CT molecular complexity index is 454. The molecule has 1 rings (SSSR count). The van der Waals surface area contributed by atoms with Gasteiger partial charge in [0, 0.05) is 20.6 Å². The number of hydrogen-bond acceptors (Lipinski definition) is 2. The standard InChI is InChI=1S/C15H22N4O/c1-4-10-16-14(20)12-18-15(19(2)3)17-11-13-8-6-5-7-9-13/h4-9H,1,10-12H2,2-3H3,(H,16,20)(H,17,18). The van der Waals surface area contributed by atoms with E-state index in [2.05, 4.69) is 22.2 Å². The summed E-state index contributed by atoms with van der Waals surface area (Å²) < 4.78 is 0. The molecule has 0 saturated carbocycles. The van der Waals surface area contributed by atoms with Gasteiger partial charge >= 0.3 is 0 Å². The second-order valence-electron chi connectivity index (χ2n) is 4.47. The second kappa shape index (κ2) is 8.74. The van der Waals surface area contributed by atoms with Crippen LogP contribution in [0.4, 0.5) is 0 Å². The number of guanidine groups is 1. The van der Waals surface area contributed by atoms with Crippen LogP contribution in [0.5, 0.6) is 0 Å². The highest BCUT2D eigenvalue weighted by Gasteiger charge is 2.04. The number of aliphatic imine (C=N–C) groups is 1. The Balaban J connectivity index is 2.51. The lowest BCUT2D eigenvalue weighted by Gasteiger charge is -2.17. The van der Waals surface area contributed by atoms with Crippen molar-refractivity contribution in [3.05, 3.63) is 48.6 Å². The maximum Gasteiger partial charge on any atom is 0.239 e. The van der Waals surface area contributed by atoms with Crippen LogP contribution in [0.25, 0.3) is 0 Å². The Hall–Kier alpha value is -2.30. The molecule has 2 N–H and O–H groups in total. The quantitative estimate of drug-likeness (QED) is 0.462. The molecule has 0 aromatic heterocycles. The van der Waals surface area contributed by atoms with E-state index >= 15 is 0 Å². The molecule has 108 valence electrons. The molecule has 1 amide bonds. The van der Waals surface area contributed by atoms with Crippen molar-refractivity contribution < 1.29 is 4.79 Å².